The molecule has 1 aliphatic heterocycles. The first-order valence-corrected chi connectivity index (χ1v) is 9.44. The molecule has 1 N–H and O–H groups in total. The first kappa shape index (κ1) is 19.2. The van der Waals surface area contributed by atoms with E-state index in [1.165, 1.54) is 12.1 Å². The summed E-state index contributed by atoms with van der Waals surface area (Å²) < 4.78 is 0. The van der Waals surface area contributed by atoms with Gasteiger partial charge in [-0.15, -0.1) is 0 Å². The van der Waals surface area contributed by atoms with Crippen molar-refractivity contribution in [1.82, 2.24) is 0 Å². The highest BCUT2D eigenvalue weighted by Crippen LogP contribution is 2.29. The Morgan fingerprint density at radius 2 is 1.81 bits per heavy atom. The van der Waals surface area contributed by atoms with Crippen LogP contribution in [0, 0.1) is 17.0 Å². The predicted molar refractivity (Wildman–Crippen MR) is 108 cm³/mol. The van der Waals surface area contributed by atoms with E-state index < -0.39 is 4.92 Å². The standard InChI is InChI=1S/C20H22ClN3O3/c1-14-6-7-15(12-18(14)21)22-20(25)17-13-16(24(26)27)8-9-19(17)23-10-4-2-3-5-11-23/h6-9,12-13H,2-5,10-11H2,1H3,(H,22,25). The Balaban J connectivity index is 1.94. The van der Waals surface area contributed by atoms with Crippen LogP contribution in [0.3, 0.4) is 0 Å². The van der Waals surface area contributed by atoms with Crippen molar-refractivity contribution in [3.63, 3.8) is 0 Å². The molecule has 0 bridgehead atoms. The number of carbonyl (C=O) groups is 1. The molecule has 0 atom stereocenters. The topological polar surface area (TPSA) is 75.5 Å². The average molecular weight is 388 g/mol. The normalized spacial score (nSPS) is 14.5. The molecule has 0 unspecified atom stereocenters. The fourth-order valence-electron chi connectivity index (χ4n) is 3.28. The summed E-state index contributed by atoms with van der Waals surface area (Å²) in [5.74, 6) is -0.377. The summed E-state index contributed by atoms with van der Waals surface area (Å²) in [6.45, 7) is 3.56. The lowest BCUT2D eigenvalue weighted by atomic mass is 10.1. The monoisotopic (exact) mass is 387 g/mol. The third-order valence-electron chi connectivity index (χ3n) is 4.81. The zero-order valence-electron chi connectivity index (χ0n) is 15.2. The Labute approximate surface area is 163 Å². The number of aryl methyl sites for hydroxylation is 1. The van der Waals surface area contributed by atoms with Crippen molar-refractivity contribution < 1.29 is 9.72 Å². The van der Waals surface area contributed by atoms with Crippen LogP contribution in [0.5, 0.6) is 0 Å². The minimum atomic E-state index is -0.480. The van der Waals surface area contributed by atoms with E-state index in [1.807, 2.05) is 13.0 Å². The molecule has 0 spiro atoms. The van der Waals surface area contributed by atoms with Crippen molar-refractivity contribution in [3.05, 3.63) is 62.7 Å². The van der Waals surface area contributed by atoms with Crippen LogP contribution in [-0.2, 0) is 0 Å². The molecule has 1 saturated heterocycles. The lowest BCUT2D eigenvalue weighted by Gasteiger charge is -2.25. The quantitative estimate of drug-likeness (QED) is 0.578. The number of amides is 1. The van der Waals surface area contributed by atoms with Crippen molar-refractivity contribution in [3.8, 4) is 0 Å². The molecule has 1 amide bonds. The average Bonchev–Trinajstić information content (AvgIpc) is 2.93. The Morgan fingerprint density at radius 1 is 1.11 bits per heavy atom. The van der Waals surface area contributed by atoms with E-state index in [1.54, 1.807) is 18.2 Å². The molecule has 0 saturated carbocycles. The molecule has 27 heavy (non-hydrogen) atoms. The van der Waals surface area contributed by atoms with Crippen LogP contribution < -0.4 is 10.2 Å². The maximum atomic E-state index is 12.9. The summed E-state index contributed by atoms with van der Waals surface area (Å²) >= 11 is 6.13. The number of nitrogens with zero attached hydrogens (tertiary/aromatic N) is 2. The molecular formula is C20H22ClN3O3. The van der Waals surface area contributed by atoms with Crippen LogP contribution in [0.15, 0.2) is 36.4 Å². The highest BCUT2D eigenvalue weighted by molar-refractivity contribution is 6.31. The maximum absolute atomic E-state index is 12.9. The van der Waals surface area contributed by atoms with Crippen LogP contribution in [0.1, 0.15) is 41.6 Å². The third kappa shape index (κ3) is 4.57. The van der Waals surface area contributed by atoms with Gasteiger partial charge in [-0.25, -0.2) is 0 Å². The van der Waals surface area contributed by atoms with Crippen LogP contribution in [0.2, 0.25) is 5.02 Å². The predicted octanol–water partition coefficient (Wildman–Crippen LogP) is 5.19. The number of hydrogen-bond acceptors (Lipinski definition) is 4. The molecular weight excluding hydrogens is 366 g/mol. The Bertz CT molecular complexity index is 862. The number of non-ortho nitro benzene ring substituents is 1. The van der Waals surface area contributed by atoms with E-state index in [4.69, 9.17) is 11.6 Å². The van der Waals surface area contributed by atoms with Gasteiger partial charge in [0.2, 0.25) is 0 Å². The second kappa shape index (κ2) is 8.39. The van der Waals surface area contributed by atoms with Gasteiger partial charge in [-0.05, 0) is 43.5 Å². The van der Waals surface area contributed by atoms with Gasteiger partial charge in [0.05, 0.1) is 16.2 Å². The molecule has 0 aromatic heterocycles. The number of halogens is 1. The lowest BCUT2D eigenvalue weighted by Crippen LogP contribution is -2.27. The van der Waals surface area contributed by atoms with Gasteiger partial charge in [-0.1, -0.05) is 30.5 Å². The van der Waals surface area contributed by atoms with E-state index in [2.05, 4.69) is 10.2 Å². The van der Waals surface area contributed by atoms with Gasteiger partial charge in [-0.2, -0.15) is 0 Å². The van der Waals surface area contributed by atoms with Crippen molar-refractivity contribution in [2.24, 2.45) is 0 Å². The number of anilines is 2. The molecule has 3 rings (SSSR count). The number of nitrogens with one attached hydrogen (secondary N) is 1. The van der Waals surface area contributed by atoms with Gasteiger partial charge in [0, 0.05) is 35.9 Å². The number of nitro benzene ring substituents is 1. The van der Waals surface area contributed by atoms with Crippen molar-refractivity contribution in [2.45, 2.75) is 32.6 Å². The molecule has 2 aromatic carbocycles. The van der Waals surface area contributed by atoms with E-state index in [0.717, 1.165) is 50.0 Å². The van der Waals surface area contributed by atoms with Gasteiger partial charge in [0.25, 0.3) is 11.6 Å². The summed E-state index contributed by atoms with van der Waals surface area (Å²) in [6, 6.07) is 9.76. The number of carbonyl (C=O) groups excluding carboxylic acids is 1. The Morgan fingerprint density at radius 3 is 2.44 bits per heavy atom. The maximum Gasteiger partial charge on any atom is 0.270 e. The summed E-state index contributed by atoms with van der Waals surface area (Å²) in [6.07, 6.45) is 4.41. The zero-order valence-corrected chi connectivity index (χ0v) is 16.0. The van der Waals surface area contributed by atoms with E-state index in [-0.39, 0.29) is 11.6 Å². The second-order valence-electron chi connectivity index (χ2n) is 6.78. The molecule has 0 radical (unpaired) electrons. The molecule has 2 aromatic rings. The first-order valence-electron chi connectivity index (χ1n) is 9.06. The van der Waals surface area contributed by atoms with Crippen molar-refractivity contribution in [2.75, 3.05) is 23.3 Å². The molecule has 1 aliphatic rings. The molecule has 7 heteroatoms. The summed E-state index contributed by atoms with van der Waals surface area (Å²) in [4.78, 5) is 25.8. The summed E-state index contributed by atoms with van der Waals surface area (Å²) in [5, 5.41) is 14.6. The second-order valence-corrected chi connectivity index (χ2v) is 7.19. The molecule has 1 fully saturated rings. The van der Waals surface area contributed by atoms with Gasteiger partial charge >= 0.3 is 0 Å². The van der Waals surface area contributed by atoms with E-state index in [0.29, 0.717) is 16.3 Å². The molecule has 0 aliphatic carbocycles. The lowest BCUT2D eigenvalue weighted by molar-refractivity contribution is -0.384. The Kier molecular flexibility index (Phi) is 5.96. The van der Waals surface area contributed by atoms with Crippen LogP contribution in [-0.4, -0.2) is 23.9 Å². The van der Waals surface area contributed by atoms with Gasteiger partial charge < -0.3 is 10.2 Å². The van der Waals surface area contributed by atoms with Gasteiger partial charge in [0.1, 0.15) is 0 Å². The van der Waals surface area contributed by atoms with Gasteiger partial charge in [0.15, 0.2) is 0 Å². The number of nitro groups is 1. The van der Waals surface area contributed by atoms with E-state index in [9.17, 15) is 14.9 Å². The highest BCUT2D eigenvalue weighted by atomic mass is 35.5. The number of hydrogen-bond donors (Lipinski definition) is 1. The van der Waals surface area contributed by atoms with Crippen molar-refractivity contribution >= 4 is 34.6 Å². The van der Waals surface area contributed by atoms with Crippen molar-refractivity contribution in [1.29, 1.82) is 0 Å². The minimum Gasteiger partial charge on any atom is -0.371 e. The summed E-state index contributed by atoms with van der Waals surface area (Å²) in [7, 11) is 0. The molecule has 142 valence electrons. The minimum absolute atomic E-state index is 0.0966. The number of rotatable bonds is 4. The van der Waals surface area contributed by atoms with Crippen LogP contribution >= 0.6 is 11.6 Å². The zero-order chi connectivity index (χ0) is 19.4. The SMILES string of the molecule is Cc1ccc(NC(=O)c2cc([N+](=O)[O-])ccc2N2CCCCCC2)cc1Cl. The number of benzene rings is 2. The van der Waals surface area contributed by atoms with E-state index >= 15 is 0 Å². The fourth-order valence-corrected chi connectivity index (χ4v) is 3.46. The fraction of sp³-hybridized carbons (Fsp3) is 0.350. The first-order chi connectivity index (χ1) is 13.0. The van der Waals surface area contributed by atoms with Gasteiger partial charge in [-0.3, -0.25) is 14.9 Å². The third-order valence-corrected chi connectivity index (χ3v) is 5.22. The van der Waals surface area contributed by atoms with Crippen LogP contribution in [0.25, 0.3) is 0 Å². The highest BCUT2D eigenvalue weighted by Gasteiger charge is 2.21. The summed E-state index contributed by atoms with van der Waals surface area (Å²) in [5.41, 5.74) is 2.42. The molecule has 1 heterocycles. The smallest absolute Gasteiger partial charge is 0.270 e. The largest absolute Gasteiger partial charge is 0.371 e. The Hall–Kier alpha value is -2.60. The van der Waals surface area contributed by atoms with Crippen LogP contribution in [0.4, 0.5) is 17.1 Å². The molecule has 6 nitrogen and oxygen atoms in total.